The topological polar surface area (TPSA) is 62.3 Å². The van der Waals surface area contributed by atoms with Gasteiger partial charge in [-0.15, -0.1) is 12.4 Å². The molecule has 1 saturated heterocycles. The van der Waals surface area contributed by atoms with Gasteiger partial charge in [0.25, 0.3) is 0 Å². The molecule has 2 heterocycles. The van der Waals surface area contributed by atoms with Crippen LogP contribution in [0.2, 0.25) is 0 Å². The van der Waals surface area contributed by atoms with Gasteiger partial charge in [0.2, 0.25) is 10.0 Å². The zero-order chi connectivity index (χ0) is 13.0. The molecule has 2 rings (SSSR count). The second-order valence-electron chi connectivity index (χ2n) is 4.63. The Bertz CT molecular complexity index is 475. The first-order chi connectivity index (χ1) is 8.59. The Morgan fingerprint density at radius 3 is 2.68 bits per heavy atom. The molecule has 1 atom stereocenters. The molecule has 0 aromatic carbocycles. The number of pyridine rings is 1. The number of sulfonamides is 1. The third kappa shape index (κ3) is 4.42. The predicted molar refractivity (Wildman–Crippen MR) is 77.8 cm³/mol. The zero-order valence-corrected chi connectivity index (χ0v) is 12.6. The highest BCUT2D eigenvalue weighted by molar-refractivity contribution is 7.88. The van der Waals surface area contributed by atoms with E-state index in [1.165, 1.54) is 4.31 Å². The molecule has 0 aliphatic carbocycles. The van der Waals surface area contributed by atoms with Crippen molar-refractivity contribution in [3.8, 4) is 0 Å². The van der Waals surface area contributed by atoms with E-state index in [9.17, 15) is 8.42 Å². The number of hydrogen-bond acceptors (Lipinski definition) is 4. The summed E-state index contributed by atoms with van der Waals surface area (Å²) in [4.78, 5) is 3.89. The summed E-state index contributed by atoms with van der Waals surface area (Å²) in [7, 11) is -1.57. The molecule has 0 bridgehead atoms. The highest BCUT2D eigenvalue weighted by Crippen LogP contribution is 2.16. The molecule has 0 amide bonds. The van der Waals surface area contributed by atoms with Crippen LogP contribution in [0.4, 0.5) is 0 Å². The van der Waals surface area contributed by atoms with E-state index >= 15 is 0 Å². The normalized spacial score (nSPS) is 20.0. The number of nitrogens with one attached hydrogen (secondary N) is 1. The Morgan fingerprint density at radius 1 is 1.42 bits per heavy atom. The minimum Gasteiger partial charge on any atom is -0.315 e. The van der Waals surface area contributed by atoms with Gasteiger partial charge in [0.05, 0.1) is 5.75 Å². The van der Waals surface area contributed by atoms with Gasteiger partial charge < -0.3 is 5.32 Å². The van der Waals surface area contributed by atoms with E-state index in [1.54, 1.807) is 31.6 Å². The number of halogens is 1. The molecule has 0 spiro atoms. The van der Waals surface area contributed by atoms with Gasteiger partial charge in [-0.05, 0) is 37.1 Å². The molecule has 0 saturated carbocycles. The standard InChI is InChI=1S/C12H19N3O2S.ClH/c1-15(12-3-2-6-14-9-12)18(16,17)10-11-4-7-13-8-5-11;/h4-5,7-8,12,14H,2-3,6,9-10H2,1H3;1H. The lowest BCUT2D eigenvalue weighted by atomic mass is 10.1. The molecule has 1 aromatic rings. The molecule has 1 N–H and O–H groups in total. The lowest BCUT2D eigenvalue weighted by Crippen LogP contribution is -2.46. The predicted octanol–water partition coefficient (Wildman–Crippen LogP) is 1.02. The molecule has 0 radical (unpaired) electrons. The van der Waals surface area contributed by atoms with E-state index in [4.69, 9.17) is 0 Å². The van der Waals surface area contributed by atoms with Crippen molar-refractivity contribution >= 4 is 22.4 Å². The fourth-order valence-corrected chi connectivity index (χ4v) is 3.61. The zero-order valence-electron chi connectivity index (χ0n) is 10.9. The summed E-state index contributed by atoms with van der Waals surface area (Å²) in [6.07, 6.45) is 5.19. The number of rotatable bonds is 4. The van der Waals surface area contributed by atoms with Crippen molar-refractivity contribution in [2.45, 2.75) is 24.6 Å². The number of aromatic nitrogens is 1. The number of piperidine rings is 1. The van der Waals surface area contributed by atoms with E-state index < -0.39 is 10.0 Å². The lowest BCUT2D eigenvalue weighted by Gasteiger charge is -2.30. The second-order valence-corrected chi connectivity index (χ2v) is 6.66. The van der Waals surface area contributed by atoms with E-state index in [0.29, 0.717) is 0 Å². The van der Waals surface area contributed by atoms with Gasteiger partial charge in [0, 0.05) is 32.0 Å². The minimum atomic E-state index is -3.25. The minimum absolute atomic E-state index is 0. The van der Waals surface area contributed by atoms with Crippen molar-refractivity contribution in [2.75, 3.05) is 20.1 Å². The first kappa shape index (κ1) is 16.4. The summed E-state index contributed by atoms with van der Waals surface area (Å²) in [5.74, 6) is 0.0442. The van der Waals surface area contributed by atoms with Crippen LogP contribution in [0.15, 0.2) is 24.5 Å². The van der Waals surface area contributed by atoms with Gasteiger partial charge in [-0.2, -0.15) is 0 Å². The van der Waals surface area contributed by atoms with Crippen molar-refractivity contribution in [3.63, 3.8) is 0 Å². The molecule has 1 aromatic heterocycles. The van der Waals surface area contributed by atoms with E-state index in [0.717, 1.165) is 31.5 Å². The van der Waals surface area contributed by atoms with Crippen LogP contribution in [0.1, 0.15) is 18.4 Å². The molecule has 1 fully saturated rings. The smallest absolute Gasteiger partial charge is 0.218 e. The van der Waals surface area contributed by atoms with Crippen molar-refractivity contribution in [3.05, 3.63) is 30.1 Å². The third-order valence-electron chi connectivity index (χ3n) is 3.32. The fourth-order valence-electron chi connectivity index (χ4n) is 2.16. The Kier molecular flexibility index (Phi) is 6.19. The third-order valence-corrected chi connectivity index (χ3v) is 5.20. The van der Waals surface area contributed by atoms with Crippen LogP contribution in [-0.2, 0) is 15.8 Å². The molecule has 7 heteroatoms. The first-order valence-electron chi connectivity index (χ1n) is 6.15. The summed E-state index contributed by atoms with van der Waals surface area (Å²) < 4.78 is 26.1. The maximum absolute atomic E-state index is 12.3. The molecule has 5 nitrogen and oxygen atoms in total. The van der Waals surface area contributed by atoms with Crippen LogP contribution >= 0.6 is 12.4 Å². The number of nitrogens with zero attached hydrogens (tertiary/aromatic N) is 2. The van der Waals surface area contributed by atoms with Crippen LogP contribution in [0.25, 0.3) is 0 Å². The number of hydrogen-bond donors (Lipinski definition) is 1. The largest absolute Gasteiger partial charge is 0.315 e. The van der Waals surface area contributed by atoms with Crippen LogP contribution in [-0.4, -0.2) is 43.9 Å². The van der Waals surface area contributed by atoms with Crippen LogP contribution in [0, 0.1) is 0 Å². The quantitative estimate of drug-likeness (QED) is 0.902. The Balaban J connectivity index is 0.00000180. The van der Waals surface area contributed by atoms with Gasteiger partial charge in [0.1, 0.15) is 0 Å². The van der Waals surface area contributed by atoms with Gasteiger partial charge in [0.15, 0.2) is 0 Å². The van der Waals surface area contributed by atoms with Gasteiger partial charge in [-0.1, -0.05) is 0 Å². The summed E-state index contributed by atoms with van der Waals surface area (Å²) in [5, 5.41) is 3.24. The van der Waals surface area contributed by atoms with Crippen LogP contribution in [0.3, 0.4) is 0 Å². The number of likely N-dealkylation sites (N-methyl/N-ethyl adjacent to an activating group) is 1. The summed E-state index contributed by atoms with van der Waals surface area (Å²) in [6.45, 7) is 1.72. The molecular formula is C12H20ClN3O2S. The SMILES string of the molecule is CN(C1CCCNC1)S(=O)(=O)Cc1ccncc1.Cl. The van der Waals surface area contributed by atoms with E-state index in [-0.39, 0.29) is 24.2 Å². The average molecular weight is 306 g/mol. The highest BCUT2D eigenvalue weighted by Gasteiger charge is 2.27. The van der Waals surface area contributed by atoms with Crippen molar-refractivity contribution in [1.29, 1.82) is 0 Å². The molecule has 108 valence electrons. The van der Waals surface area contributed by atoms with Gasteiger partial charge in [-0.3, -0.25) is 4.98 Å². The van der Waals surface area contributed by atoms with Crippen molar-refractivity contribution in [2.24, 2.45) is 0 Å². The van der Waals surface area contributed by atoms with Crippen molar-refractivity contribution in [1.82, 2.24) is 14.6 Å². The molecule has 19 heavy (non-hydrogen) atoms. The summed E-state index contributed by atoms with van der Waals surface area (Å²) in [5.41, 5.74) is 0.778. The summed E-state index contributed by atoms with van der Waals surface area (Å²) >= 11 is 0. The molecule has 1 aliphatic rings. The lowest BCUT2D eigenvalue weighted by molar-refractivity contribution is 0.300. The van der Waals surface area contributed by atoms with E-state index in [2.05, 4.69) is 10.3 Å². The fraction of sp³-hybridized carbons (Fsp3) is 0.583. The average Bonchev–Trinajstić information content (AvgIpc) is 2.39. The van der Waals surface area contributed by atoms with E-state index in [1.807, 2.05) is 0 Å². The molecule has 1 unspecified atom stereocenters. The molecular weight excluding hydrogens is 286 g/mol. The van der Waals surface area contributed by atoms with Gasteiger partial charge >= 0.3 is 0 Å². The highest BCUT2D eigenvalue weighted by atomic mass is 35.5. The van der Waals surface area contributed by atoms with Gasteiger partial charge in [-0.25, -0.2) is 12.7 Å². The van der Waals surface area contributed by atoms with Crippen LogP contribution < -0.4 is 5.32 Å². The monoisotopic (exact) mass is 305 g/mol. The Labute approximate surface area is 120 Å². The summed E-state index contributed by atoms with van der Waals surface area (Å²) in [6, 6.07) is 3.56. The van der Waals surface area contributed by atoms with Crippen LogP contribution in [0.5, 0.6) is 0 Å². The second kappa shape index (κ2) is 7.19. The maximum atomic E-state index is 12.3. The van der Waals surface area contributed by atoms with Crippen molar-refractivity contribution < 1.29 is 8.42 Å². The maximum Gasteiger partial charge on any atom is 0.218 e. The Morgan fingerprint density at radius 2 is 2.11 bits per heavy atom. The molecule has 1 aliphatic heterocycles. The Hall–Kier alpha value is -0.690. The first-order valence-corrected chi connectivity index (χ1v) is 7.76.